The molecule has 36 heavy (non-hydrogen) atoms. The summed E-state index contributed by atoms with van der Waals surface area (Å²) < 4.78 is 9.80. The van der Waals surface area contributed by atoms with E-state index in [-0.39, 0.29) is 17.8 Å². The molecule has 7 nitrogen and oxygen atoms in total. The Labute approximate surface area is 215 Å². The highest BCUT2D eigenvalue weighted by atomic mass is 16.7. The van der Waals surface area contributed by atoms with Crippen LogP contribution in [0.3, 0.4) is 0 Å². The van der Waals surface area contributed by atoms with E-state index in [4.69, 9.17) is 9.57 Å². The van der Waals surface area contributed by atoms with Crippen LogP contribution in [0.2, 0.25) is 0 Å². The predicted octanol–water partition coefficient (Wildman–Crippen LogP) is 4.57. The molecule has 0 unspecified atom stereocenters. The molecule has 0 bridgehead atoms. The summed E-state index contributed by atoms with van der Waals surface area (Å²) in [6.45, 7) is 17.6. The minimum atomic E-state index is -0.561. The van der Waals surface area contributed by atoms with Crippen molar-refractivity contribution >= 4 is 11.7 Å². The fourth-order valence-electron chi connectivity index (χ4n) is 5.03. The van der Waals surface area contributed by atoms with Gasteiger partial charge in [-0.25, -0.2) is 9.78 Å². The first-order valence-electron chi connectivity index (χ1n) is 12.6. The van der Waals surface area contributed by atoms with Gasteiger partial charge in [-0.05, 0) is 91.8 Å². The largest absolute Gasteiger partial charge is 0.497 e. The number of rotatable bonds is 6. The first-order valence-corrected chi connectivity index (χ1v) is 12.6. The quantitative estimate of drug-likeness (QED) is 0.597. The SMILES string of the molecule is COc1ccc(C2=[N+](CON3C(c4ccccc4)=[N+](C)C(C)(C)C3(C)C)C(C)(C)C(C)(C)N2O)cc1. The number of nitrogens with zero attached hydrogens (tertiary/aromatic N) is 4. The molecule has 0 saturated heterocycles. The number of hydrogen-bond acceptors (Lipinski definition) is 5. The van der Waals surface area contributed by atoms with Crippen molar-refractivity contribution in [1.82, 2.24) is 10.1 Å². The van der Waals surface area contributed by atoms with Gasteiger partial charge in [0.1, 0.15) is 16.8 Å². The van der Waals surface area contributed by atoms with Gasteiger partial charge in [0.15, 0.2) is 11.1 Å². The highest BCUT2D eigenvalue weighted by molar-refractivity contribution is 5.96. The lowest BCUT2D eigenvalue weighted by atomic mass is 9.83. The van der Waals surface area contributed by atoms with Crippen LogP contribution in [0.25, 0.3) is 0 Å². The molecule has 2 aromatic rings. The Morgan fingerprint density at radius 1 is 0.750 bits per heavy atom. The van der Waals surface area contributed by atoms with Crippen molar-refractivity contribution in [2.24, 2.45) is 0 Å². The van der Waals surface area contributed by atoms with Gasteiger partial charge in [0, 0.05) is 0 Å². The standard InChI is InChI=1S/C29H42N4O3/c1-26(2)29(7,8)33(24(30(26)9)21-14-12-11-13-15-21)36-20-31-25(22-16-18-23(35-10)19-17-22)32(34)28(5,6)27(31,3)4/h11-19,34H,20H2,1-10H3/q+2. The molecule has 0 atom stereocenters. The zero-order chi connectivity index (χ0) is 26.7. The molecule has 0 fully saturated rings. The van der Waals surface area contributed by atoms with Crippen LogP contribution in [-0.4, -0.2) is 79.2 Å². The molecular weight excluding hydrogens is 452 g/mol. The van der Waals surface area contributed by atoms with Gasteiger partial charge in [0.05, 0.1) is 25.3 Å². The average Bonchev–Trinajstić information content (AvgIpc) is 3.06. The zero-order valence-corrected chi connectivity index (χ0v) is 23.5. The summed E-state index contributed by atoms with van der Waals surface area (Å²) in [5.41, 5.74) is 0.479. The van der Waals surface area contributed by atoms with E-state index in [2.05, 4.69) is 101 Å². The monoisotopic (exact) mass is 494 g/mol. The summed E-state index contributed by atoms with van der Waals surface area (Å²) >= 11 is 0. The summed E-state index contributed by atoms with van der Waals surface area (Å²) in [4.78, 5) is 6.75. The van der Waals surface area contributed by atoms with Crippen LogP contribution in [0.1, 0.15) is 66.5 Å². The Kier molecular flexibility index (Phi) is 6.25. The molecule has 1 N–H and O–H groups in total. The average molecular weight is 495 g/mol. The van der Waals surface area contributed by atoms with Gasteiger partial charge in [-0.3, -0.25) is 4.58 Å². The Morgan fingerprint density at radius 3 is 1.86 bits per heavy atom. The van der Waals surface area contributed by atoms with E-state index in [1.807, 2.05) is 30.3 Å². The molecule has 7 heteroatoms. The third kappa shape index (κ3) is 3.63. The van der Waals surface area contributed by atoms with Gasteiger partial charge >= 0.3 is 11.7 Å². The lowest BCUT2D eigenvalue weighted by Gasteiger charge is -2.35. The van der Waals surface area contributed by atoms with Gasteiger partial charge in [0.25, 0.3) is 0 Å². The molecule has 0 amide bonds. The van der Waals surface area contributed by atoms with Crippen LogP contribution in [0.4, 0.5) is 0 Å². The molecule has 2 aliphatic heterocycles. The van der Waals surface area contributed by atoms with Crippen LogP contribution < -0.4 is 4.74 Å². The second kappa shape index (κ2) is 8.60. The number of hydrogen-bond donors (Lipinski definition) is 1. The molecule has 2 aliphatic rings. The number of benzene rings is 2. The summed E-state index contributed by atoms with van der Waals surface area (Å²) in [5.74, 6) is 2.50. The van der Waals surface area contributed by atoms with Crippen molar-refractivity contribution < 1.29 is 23.9 Å². The number of ether oxygens (including phenoxy) is 1. The molecule has 2 aromatic carbocycles. The van der Waals surface area contributed by atoms with Crippen molar-refractivity contribution in [3.8, 4) is 5.75 Å². The summed E-state index contributed by atoms with van der Waals surface area (Å²) in [7, 11) is 3.78. The lowest BCUT2D eigenvalue weighted by molar-refractivity contribution is -0.643. The minimum Gasteiger partial charge on any atom is -0.497 e. The molecule has 0 radical (unpaired) electrons. The zero-order valence-electron chi connectivity index (χ0n) is 23.5. The van der Waals surface area contributed by atoms with Gasteiger partial charge in [-0.15, -0.1) is 15.0 Å². The Hall–Kier alpha value is -2.90. The molecule has 0 spiro atoms. The molecule has 0 aliphatic carbocycles. The van der Waals surface area contributed by atoms with E-state index in [1.54, 1.807) is 7.11 Å². The number of hydroxylamine groups is 4. The Morgan fingerprint density at radius 2 is 1.31 bits per heavy atom. The van der Waals surface area contributed by atoms with Gasteiger partial charge in [-0.1, -0.05) is 18.2 Å². The van der Waals surface area contributed by atoms with Crippen molar-refractivity contribution in [3.63, 3.8) is 0 Å². The van der Waals surface area contributed by atoms with Crippen molar-refractivity contribution in [3.05, 3.63) is 65.7 Å². The first-order chi connectivity index (χ1) is 16.7. The third-order valence-electron chi connectivity index (χ3n) is 9.21. The lowest BCUT2D eigenvalue weighted by Crippen LogP contribution is -2.57. The highest BCUT2D eigenvalue weighted by Crippen LogP contribution is 2.40. The normalized spacial score (nSPS) is 22.0. The molecule has 0 saturated carbocycles. The minimum absolute atomic E-state index is 0.191. The highest BCUT2D eigenvalue weighted by Gasteiger charge is 2.63. The van der Waals surface area contributed by atoms with Crippen molar-refractivity contribution in [2.45, 2.75) is 77.5 Å². The maximum absolute atomic E-state index is 11.4. The Bertz CT molecular complexity index is 1190. The molecular formula is C29H42N4O3+2. The third-order valence-corrected chi connectivity index (χ3v) is 9.21. The summed E-state index contributed by atoms with van der Waals surface area (Å²) in [5, 5.41) is 14.8. The van der Waals surface area contributed by atoms with Gasteiger partial charge in [0.2, 0.25) is 6.73 Å². The van der Waals surface area contributed by atoms with Gasteiger partial charge < -0.3 is 4.74 Å². The molecule has 194 valence electrons. The maximum Gasteiger partial charge on any atom is 0.312 e. The number of methoxy groups -OCH3 is 1. The van der Waals surface area contributed by atoms with Crippen LogP contribution in [0.5, 0.6) is 5.75 Å². The fourth-order valence-corrected chi connectivity index (χ4v) is 5.03. The number of amidine groups is 2. The molecule has 4 rings (SSSR count). The van der Waals surface area contributed by atoms with E-state index in [0.29, 0.717) is 5.84 Å². The smallest absolute Gasteiger partial charge is 0.312 e. The van der Waals surface area contributed by atoms with Crippen LogP contribution in [0.15, 0.2) is 54.6 Å². The van der Waals surface area contributed by atoms with E-state index < -0.39 is 11.1 Å². The predicted molar refractivity (Wildman–Crippen MR) is 142 cm³/mol. The second-order valence-electron chi connectivity index (χ2n) is 11.8. The van der Waals surface area contributed by atoms with E-state index in [1.165, 1.54) is 5.06 Å². The molecule has 0 aromatic heterocycles. The maximum atomic E-state index is 11.4. The second-order valence-corrected chi connectivity index (χ2v) is 11.8. The Balaban J connectivity index is 1.79. The molecule has 2 heterocycles. The van der Waals surface area contributed by atoms with E-state index >= 15 is 0 Å². The van der Waals surface area contributed by atoms with Crippen LogP contribution in [-0.2, 0) is 4.84 Å². The van der Waals surface area contributed by atoms with Crippen molar-refractivity contribution in [1.29, 1.82) is 0 Å². The van der Waals surface area contributed by atoms with Crippen molar-refractivity contribution in [2.75, 3.05) is 20.9 Å². The van der Waals surface area contributed by atoms with Gasteiger partial charge in [-0.2, -0.15) is 0 Å². The van der Waals surface area contributed by atoms with E-state index in [0.717, 1.165) is 22.7 Å². The topological polar surface area (TPSA) is 51.2 Å². The number of likely N-dealkylation sites (N-methyl/N-ethyl adjacent to an activating group) is 1. The summed E-state index contributed by atoms with van der Waals surface area (Å²) in [6.07, 6.45) is 0. The fraction of sp³-hybridized carbons (Fsp3) is 0.517. The van der Waals surface area contributed by atoms with Crippen LogP contribution >= 0.6 is 0 Å². The van der Waals surface area contributed by atoms with E-state index in [9.17, 15) is 5.21 Å². The van der Waals surface area contributed by atoms with Crippen LogP contribution in [0, 0.1) is 0 Å². The first kappa shape index (κ1) is 26.2. The summed E-state index contributed by atoms with van der Waals surface area (Å²) in [6, 6.07) is 18.1.